The second-order valence-electron chi connectivity index (χ2n) is 6.72. The molecule has 1 fully saturated rings. The van der Waals surface area contributed by atoms with Crippen LogP contribution in [-0.2, 0) is 10.0 Å². The zero-order valence-electron chi connectivity index (χ0n) is 15.1. The Morgan fingerprint density at radius 1 is 1.04 bits per heavy atom. The lowest BCUT2D eigenvalue weighted by Crippen LogP contribution is -2.40. The summed E-state index contributed by atoms with van der Waals surface area (Å²) in [5.41, 5.74) is 1.63. The fourth-order valence-corrected chi connectivity index (χ4v) is 4.55. The summed E-state index contributed by atoms with van der Waals surface area (Å²) in [6, 6.07) is 4.18. The minimum atomic E-state index is -4.13. The molecule has 1 aliphatic carbocycles. The Morgan fingerprint density at radius 2 is 1.67 bits per heavy atom. The van der Waals surface area contributed by atoms with Gasteiger partial charge in [0.05, 0.1) is 0 Å². The van der Waals surface area contributed by atoms with Crippen molar-refractivity contribution >= 4 is 10.0 Å². The number of hydrogen-bond acceptors (Lipinski definition) is 5. The number of rotatable bonds is 5. The topological polar surface area (TPSA) is 81.2 Å². The summed E-state index contributed by atoms with van der Waals surface area (Å²) in [6.45, 7) is 3.72. The molecule has 0 amide bonds. The second-order valence-corrected chi connectivity index (χ2v) is 8.40. The number of nitrogens with zero attached hydrogens (tertiary/aromatic N) is 2. The first kappa shape index (κ1) is 19.6. The lowest BCUT2D eigenvalue weighted by Gasteiger charge is -2.28. The van der Waals surface area contributed by atoms with E-state index in [9.17, 15) is 17.2 Å². The SMILES string of the molecule is Cc1cc(C)nc(OC2CCC(NS(=O)(=O)c3cc(F)ccc3F)CC2)n1. The molecule has 1 aromatic heterocycles. The molecule has 1 aromatic carbocycles. The molecule has 0 spiro atoms. The summed E-state index contributed by atoms with van der Waals surface area (Å²) in [6.07, 6.45) is 2.14. The summed E-state index contributed by atoms with van der Waals surface area (Å²) in [5, 5.41) is 0. The Morgan fingerprint density at radius 3 is 2.30 bits per heavy atom. The van der Waals surface area contributed by atoms with Gasteiger partial charge in [-0.05, 0) is 63.8 Å². The third-order valence-electron chi connectivity index (χ3n) is 4.41. The molecule has 146 valence electrons. The molecule has 2 aromatic rings. The summed E-state index contributed by atoms with van der Waals surface area (Å²) in [5.74, 6) is -1.78. The molecule has 1 N–H and O–H groups in total. The molecule has 1 aliphatic rings. The van der Waals surface area contributed by atoms with E-state index in [0.717, 1.165) is 23.5 Å². The number of hydrogen-bond donors (Lipinski definition) is 1. The molecule has 0 saturated heterocycles. The molecular weight excluding hydrogens is 376 g/mol. The summed E-state index contributed by atoms with van der Waals surface area (Å²) in [4.78, 5) is 7.81. The van der Waals surface area contributed by atoms with Gasteiger partial charge in [0, 0.05) is 17.4 Å². The minimum absolute atomic E-state index is 0.113. The van der Waals surface area contributed by atoms with Gasteiger partial charge in [-0.15, -0.1) is 0 Å². The van der Waals surface area contributed by atoms with Gasteiger partial charge in [0.1, 0.15) is 22.6 Å². The Labute approximate surface area is 157 Å². The van der Waals surface area contributed by atoms with E-state index in [2.05, 4.69) is 14.7 Å². The predicted molar refractivity (Wildman–Crippen MR) is 94.9 cm³/mol. The van der Waals surface area contributed by atoms with Crippen molar-refractivity contribution in [1.29, 1.82) is 0 Å². The first-order chi connectivity index (χ1) is 12.7. The highest BCUT2D eigenvalue weighted by atomic mass is 32.2. The van der Waals surface area contributed by atoms with E-state index in [0.29, 0.717) is 37.8 Å². The first-order valence-corrected chi connectivity index (χ1v) is 10.2. The fraction of sp³-hybridized carbons (Fsp3) is 0.444. The van der Waals surface area contributed by atoms with E-state index < -0.39 is 26.6 Å². The molecule has 1 heterocycles. The first-order valence-electron chi connectivity index (χ1n) is 8.69. The van der Waals surface area contributed by atoms with E-state index >= 15 is 0 Å². The van der Waals surface area contributed by atoms with E-state index in [1.165, 1.54) is 0 Å². The third kappa shape index (κ3) is 4.98. The largest absolute Gasteiger partial charge is 0.460 e. The van der Waals surface area contributed by atoms with Crippen molar-refractivity contribution in [2.75, 3.05) is 0 Å². The van der Waals surface area contributed by atoms with Crippen molar-refractivity contribution in [2.24, 2.45) is 0 Å². The highest BCUT2D eigenvalue weighted by Gasteiger charge is 2.28. The van der Waals surface area contributed by atoms with Gasteiger partial charge in [-0.1, -0.05) is 0 Å². The zero-order chi connectivity index (χ0) is 19.6. The van der Waals surface area contributed by atoms with Crippen molar-refractivity contribution in [3.05, 3.63) is 47.3 Å². The second kappa shape index (κ2) is 7.85. The van der Waals surface area contributed by atoms with Crippen molar-refractivity contribution < 1.29 is 21.9 Å². The molecule has 0 unspecified atom stereocenters. The van der Waals surface area contributed by atoms with Crippen LogP contribution in [0, 0.1) is 25.5 Å². The summed E-state index contributed by atoms with van der Waals surface area (Å²) >= 11 is 0. The van der Waals surface area contributed by atoms with Crippen molar-refractivity contribution in [3.8, 4) is 6.01 Å². The van der Waals surface area contributed by atoms with Crippen LogP contribution in [0.4, 0.5) is 8.78 Å². The Hall–Kier alpha value is -2.13. The van der Waals surface area contributed by atoms with Gasteiger partial charge in [0.2, 0.25) is 10.0 Å². The Kier molecular flexibility index (Phi) is 5.71. The van der Waals surface area contributed by atoms with Crippen LogP contribution in [0.2, 0.25) is 0 Å². The molecule has 9 heteroatoms. The number of benzene rings is 1. The highest BCUT2D eigenvalue weighted by Crippen LogP contribution is 2.24. The van der Waals surface area contributed by atoms with Crippen LogP contribution in [0.15, 0.2) is 29.2 Å². The Balaban J connectivity index is 1.60. The Bertz CT molecular complexity index is 909. The molecule has 27 heavy (non-hydrogen) atoms. The number of ether oxygens (including phenoxy) is 1. The van der Waals surface area contributed by atoms with Crippen LogP contribution in [0.25, 0.3) is 0 Å². The van der Waals surface area contributed by atoms with Crippen LogP contribution in [0.3, 0.4) is 0 Å². The van der Waals surface area contributed by atoms with Crippen LogP contribution in [0.1, 0.15) is 37.1 Å². The lowest BCUT2D eigenvalue weighted by atomic mass is 9.94. The van der Waals surface area contributed by atoms with Crippen molar-refractivity contribution in [3.63, 3.8) is 0 Å². The molecular formula is C18H21F2N3O3S. The maximum Gasteiger partial charge on any atom is 0.317 e. The summed E-state index contributed by atoms with van der Waals surface area (Å²) < 4.78 is 60.0. The van der Waals surface area contributed by atoms with E-state index in [1.54, 1.807) is 0 Å². The summed E-state index contributed by atoms with van der Waals surface area (Å²) in [7, 11) is -4.13. The van der Waals surface area contributed by atoms with Gasteiger partial charge in [-0.25, -0.2) is 31.9 Å². The highest BCUT2D eigenvalue weighted by molar-refractivity contribution is 7.89. The molecule has 1 saturated carbocycles. The van der Waals surface area contributed by atoms with Crippen molar-refractivity contribution in [1.82, 2.24) is 14.7 Å². The van der Waals surface area contributed by atoms with Gasteiger partial charge >= 0.3 is 6.01 Å². The van der Waals surface area contributed by atoms with E-state index in [-0.39, 0.29) is 12.1 Å². The average molecular weight is 397 g/mol. The average Bonchev–Trinajstić information content (AvgIpc) is 2.57. The lowest BCUT2D eigenvalue weighted by molar-refractivity contribution is 0.131. The normalized spacial score (nSPS) is 20.4. The van der Waals surface area contributed by atoms with Gasteiger partial charge < -0.3 is 4.74 Å². The number of sulfonamides is 1. The molecule has 0 atom stereocenters. The molecule has 0 radical (unpaired) electrons. The maximum atomic E-state index is 13.8. The van der Waals surface area contributed by atoms with Gasteiger partial charge in [0.25, 0.3) is 0 Å². The minimum Gasteiger partial charge on any atom is -0.460 e. The van der Waals surface area contributed by atoms with E-state index in [4.69, 9.17) is 4.74 Å². The quantitative estimate of drug-likeness (QED) is 0.839. The number of nitrogens with one attached hydrogen (secondary N) is 1. The third-order valence-corrected chi connectivity index (χ3v) is 5.95. The zero-order valence-corrected chi connectivity index (χ0v) is 15.9. The van der Waals surface area contributed by atoms with Gasteiger partial charge in [-0.3, -0.25) is 0 Å². The standard InChI is InChI=1S/C18H21F2N3O3S/c1-11-9-12(2)22-18(21-11)26-15-6-4-14(5-7-15)23-27(24,25)17-10-13(19)3-8-16(17)20/h3,8-10,14-15,23H,4-7H2,1-2H3. The monoisotopic (exact) mass is 397 g/mol. The van der Waals surface area contributed by atoms with Crippen LogP contribution < -0.4 is 9.46 Å². The fourth-order valence-electron chi connectivity index (χ4n) is 3.16. The van der Waals surface area contributed by atoms with Crippen LogP contribution >= 0.6 is 0 Å². The van der Waals surface area contributed by atoms with Gasteiger partial charge in [-0.2, -0.15) is 0 Å². The van der Waals surface area contributed by atoms with Crippen molar-refractivity contribution in [2.45, 2.75) is 56.6 Å². The van der Waals surface area contributed by atoms with Gasteiger partial charge in [0.15, 0.2) is 0 Å². The number of halogens is 2. The van der Waals surface area contributed by atoms with Crippen LogP contribution in [0.5, 0.6) is 6.01 Å². The van der Waals surface area contributed by atoms with Crippen LogP contribution in [-0.4, -0.2) is 30.5 Å². The molecule has 3 rings (SSSR count). The van der Waals surface area contributed by atoms with E-state index in [1.807, 2.05) is 19.9 Å². The predicted octanol–water partition coefficient (Wildman–Crippen LogP) is 3.04. The molecule has 0 bridgehead atoms. The maximum absolute atomic E-state index is 13.8. The smallest absolute Gasteiger partial charge is 0.317 e. The number of aromatic nitrogens is 2. The molecule has 6 nitrogen and oxygen atoms in total. The number of aryl methyl sites for hydroxylation is 2. The molecule has 0 aliphatic heterocycles.